The number of guanidine groups is 1. The van der Waals surface area contributed by atoms with Gasteiger partial charge >= 0.3 is 5.97 Å². The predicted molar refractivity (Wildman–Crippen MR) is 135 cm³/mol. The van der Waals surface area contributed by atoms with Gasteiger partial charge in [0, 0.05) is 16.9 Å². The molecule has 1 atom stereocenters. The first-order chi connectivity index (χ1) is 17.1. The molecule has 0 spiro atoms. The van der Waals surface area contributed by atoms with Crippen molar-refractivity contribution in [2.45, 2.75) is 19.4 Å². The number of para-hydroxylation sites is 1. The Bertz CT molecular complexity index is 1320. The topological polar surface area (TPSA) is 202 Å². The molecule has 1 aromatic heterocycles. The fourth-order valence-corrected chi connectivity index (χ4v) is 3.91. The molecule has 36 heavy (non-hydrogen) atoms. The molecule has 3 amide bonds. The highest BCUT2D eigenvalue weighted by Gasteiger charge is 2.25. The molecule has 0 radical (unpaired) electrons. The molecule has 2 aromatic carbocycles. The van der Waals surface area contributed by atoms with Gasteiger partial charge in [-0.25, -0.2) is 4.98 Å². The van der Waals surface area contributed by atoms with Crippen molar-refractivity contribution in [2.24, 2.45) is 16.5 Å². The number of benzene rings is 2. The van der Waals surface area contributed by atoms with E-state index in [1.54, 1.807) is 43.3 Å². The lowest BCUT2D eigenvalue weighted by molar-refractivity contribution is -0.139. The van der Waals surface area contributed by atoms with Gasteiger partial charge in [-0.3, -0.25) is 19.2 Å². The number of aliphatic carboxylic acids is 1. The minimum absolute atomic E-state index is 0.109. The predicted octanol–water partition coefficient (Wildman–Crippen LogP) is 1.82. The molecule has 3 aromatic rings. The minimum atomic E-state index is -1.33. The molecule has 3 rings (SSSR count). The van der Waals surface area contributed by atoms with Crippen molar-refractivity contribution in [1.82, 2.24) is 10.3 Å². The van der Waals surface area contributed by atoms with Crippen LogP contribution in [0.15, 0.2) is 59.6 Å². The van der Waals surface area contributed by atoms with Crippen molar-refractivity contribution in [2.75, 3.05) is 10.6 Å². The smallest absolute Gasteiger partial charge is 0.305 e. The van der Waals surface area contributed by atoms with E-state index >= 15 is 0 Å². The van der Waals surface area contributed by atoms with Crippen molar-refractivity contribution in [1.29, 1.82) is 0 Å². The first-order valence-electron chi connectivity index (χ1n) is 10.5. The molecule has 8 N–H and O–H groups in total. The number of nitrogens with zero attached hydrogens (tertiary/aromatic N) is 2. The third-order valence-corrected chi connectivity index (χ3v) is 5.69. The largest absolute Gasteiger partial charge is 0.481 e. The van der Waals surface area contributed by atoms with Crippen LogP contribution in [-0.2, 0) is 9.59 Å². The summed E-state index contributed by atoms with van der Waals surface area (Å²) >= 11 is 0.994. The van der Waals surface area contributed by atoms with Crippen molar-refractivity contribution >= 4 is 57.5 Å². The maximum Gasteiger partial charge on any atom is 0.305 e. The lowest BCUT2D eigenvalue weighted by Gasteiger charge is -2.17. The second-order valence-electron chi connectivity index (χ2n) is 7.46. The molecule has 0 saturated heterocycles. The quantitative estimate of drug-likeness (QED) is 0.185. The number of hydrogen-bond donors (Lipinski definition) is 6. The second-order valence-corrected chi connectivity index (χ2v) is 8.44. The van der Waals surface area contributed by atoms with Crippen LogP contribution in [0.5, 0.6) is 0 Å². The summed E-state index contributed by atoms with van der Waals surface area (Å²) in [6.45, 7) is 1.63. The number of carbonyl (C=O) groups is 4. The van der Waals surface area contributed by atoms with Crippen LogP contribution >= 0.6 is 11.3 Å². The summed E-state index contributed by atoms with van der Waals surface area (Å²) in [5.41, 5.74) is 12.0. The Kier molecular flexibility index (Phi) is 8.30. The fourth-order valence-electron chi connectivity index (χ4n) is 3.05. The number of carboxylic acids is 1. The monoisotopic (exact) mass is 509 g/mol. The number of amides is 3. The number of aliphatic imine (C=N–C) groups is 1. The molecule has 0 unspecified atom stereocenters. The fraction of sp³-hybridized carbons (Fsp3) is 0.130. The van der Waals surface area contributed by atoms with E-state index in [2.05, 4.69) is 25.9 Å². The molecular weight excluding hydrogens is 486 g/mol. The van der Waals surface area contributed by atoms with Gasteiger partial charge in [0.1, 0.15) is 10.9 Å². The highest BCUT2D eigenvalue weighted by atomic mass is 32.1. The van der Waals surface area contributed by atoms with Crippen molar-refractivity contribution in [3.05, 3.63) is 70.7 Å². The zero-order chi connectivity index (χ0) is 26.2. The van der Waals surface area contributed by atoms with E-state index in [1.165, 1.54) is 18.2 Å². The Morgan fingerprint density at radius 3 is 2.36 bits per heavy atom. The van der Waals surface area contributed by atoms with Gasteiger partial charge in [0.05, 0.1) is 12.1 Å². The summed E-state index contributed by atoms with van der Waals surface area (Å²) < 4.78 is 0. The lowest BCUT2D eigenvalue weighted by atomic mass is 10.1. The Morgan fingerprint density at radius 1 is 1.00 bits per heavy atom. The average molecular weight is 510 g/mol. The van der Waals surface area contributed by atoms with Crippen LogP contribution in [0.4, 0.5) is 16.5 Å². The SMILES string of the molecule is Cc1nc(N=C(N)N)sc1C(=O)Nc1cccc(C(=O)N[C@@H](CC(=O)O)C(=O)Nc2ccccc2)c1. The molecule has 13 heteroatoms. The lowest BCUT2D eigenvalue weighted by Crippen LogP contribution is -2.45. The number of rotatable bonds is 9. The summed E-state index contributed by atoms with van der Waals surface area (Å²) in [6, 6.07) is 13.1. The molecule has 12 nitrogen and oxygen atoms in total. The van der Waals surface area contributed by atoms with Crippen LogP contribution in [0.1, 0.15) is 32.1 Å². The summed E-state index contributed by atoms with van der Waals surface area (Å²) in [7, 11) is 0. The van der Waals surface area contributed by atoms with Crippen LogP contribution in [-0.4, -0.2) is 45.8 Å². The summed E-state index contributed by atoms with van der Waals surface area (Å²) in [4.78, 5) is 57.6. The normalized spacial score (nSPS) is 11.1. The average Bonchev–Trinajstić information content (AvgIpc) is 3.18. The van der Waals surface area contributed by atoms with Crippen LogP contribution in [0.3, 0.4) is 0 Å². The Morgan fingerprint density at radius 2 is 1.69 bits per heavy atom. The van der Waals surface area contributed by atoms with E-state index < -0.39 is 36.2 Å². The standard InChI is InChI=1S/C23H23N7O5S/c1-12-18(36-23(26-12)30-22(24)25)21(35)28-15-9-5-6-13(10-15)19(33)29-16(11-17(31)32)20(34)27-14-7-3-2-4-8-14/h2-10,16H,11H2,1H3,(H,27,34)(H,28,35)(H,29,33)(H,31,32)(H4,24,25,26,30)/t16-/m0/s1. The van der Waals surface area contributed by atoms with Gasteiger partial charge in [0.15, 0.2) is 5.96 Å². The van der Waals surface area contributed by atoms with Gasteiger partial charge in [0.2, 0.25) is 11.0 Å². The molecule has 1 heterocycles. The zero-order valence-corrected chi connectivity index (χ0v) is 19.8. The maximum atomic E-state index is 12.8. The van der Waals surface area contributed by atoms with E-state index in [0.29, 0.717) is 17.1 Å². The van der Waals surface area contributed by atoms with Crippen LogP contribution in [0.25, 0.3) is 0 Å². The van der Waals surface area contributed by atoms with Gasteiger partial charge in [-0.2, -0.15) is 4.99 Å². The molecule has 0 aliphatic heterocycles. The molecule has 0 saturated carbocycles. The number of carbonyl (C=O) groups excluding carboxylic acids is 3. The number of thiazole rings is 1. The summed E-state index contributed by atoms with van der Waals surface area (Å²) in [5.74, 6) is -3.30. The molecule has 0 bridgehead atoms. The van der Waals surface area contributed by atoms with E-state index in [-0.39, 0.29) is 21.5 Å². The second kappa shape index (κ2) is 11.6. The number of aryl methyl sites for hydroxylation is 1. The van der Waals surface area contributed by atoms with E-state index in [4.69, 9.17) is 11.5 Å². The van der Waals surface area contributed by atoms with Crippen LogP contribution in [0, 0.1) is 6.92 Å². The zero-order valence-electron chi connectivity index (χ0n) is 19.0. The van der Waals surface area contributed by atoms with Gasteiger partial charge in [-0.05, 0) is 37.3 Å². The van der Waals surface area contributed by atoms with E-state index in [9.17, 15) is 24.3 Å². The first kappa shape index (κ1) is 25.8. The van der Waals surface area contributed by atoms with Gasteiger partial charge in [-0.1, -0.05) is 35.6 Å². The van der Waals surface area contributed by atoms with Gasteiger partial charge in [0.25, 0.3) is 11.8 Å². The van der Waals surface area contributed by atoms with E-state index in [0.717, 1.165) is 11.3 Å². The molecular formula is C23H23N7O5S. The molecule has 186 valence electrons. The number of nitrogens with two attached hydrogens (primary N) is 2. The highest BCUT2D eigenvalue weighted by molar-refractivity contribution is 7.17. The van der Waals surface area contributed by atoms with Crippen molar-refractivity contribution in [3.63, 3.8) is 0 Å². The third-order valence-electron chi connectivity index (χ3n) is 4.64. The number of hydrogen-bond acceptors (Lipinski definition) is 7. The van der Waals surface area contributed by atoms with E-state index in [1.807, 2.05) is 0 Å². The third kappa shape index (κ3) is 7.11. The molecule has 0 aliphatic carbocycles. The Balaban J connectivity index is 1.72. The van der Waals surface area contributed by atoms with Crippen molar-refractivity contribution < 1.29 is 24.3 Å². The molecule has 0 aliphatic rings. The number of aromatic nitrogens is 1. The summed E-state index contributed by atoms with van der Waals surface area (Å²) in [6.07, 6.45) is -0.621. The Labute approximate surface area is 209 Å². The van der Waals surface area contributed by atoms with Gasteiger partial charge < -0.3 is 32.5 Å². The minimum Gasteiger partial charge on any atom is -0.481 e. The van der Waals surface area contributed by atoms with Crippen LogP contribution in [0.2, 0.25) is 0 Å². The highest BCUT2D eigenvalue weighted by Crippen LogP contribution is 2.26. The van der Waals surface area contributed by atoms with Crippen LogP contribution < -0.4 is 27.4 Å². The molecule has 0 fully saturated rings. The number of carboxylic acid groups (broad SMARTS) is 1. The number of anilines is 2. The first-order valence-corrected chi connectivity index (χ1v) is 11.3. The van der Waals surface area contributed by atoms with Crippen molar-refractivity contribution in [3.8, 4) is 0 Å². The maximum absolute atomic E-state index is 12.8. The summed E-state index contributed by atoms with van der Waals surface area (Å²) in [5, 5.41) is 17.1. The number of nitrogens with one attached hydrogen (secondary N) is 3. The van der Waals surface area contributed by atoms with Gasteiger partial charge in [-0.15, -0.1) is 0 Å². The Hall–Kier alpha value is -4.78.